The SMILES string of the molecule is CCCOc1cccc(C(=O)NC(=S)N2CCNC(=O)C2CC(=O)OCCc2ccccc2)c1. The molecule has 0 aromatic heterocycles. The quantitative estimate of drug-likeness (QED) is 0.418. The van der Waals surface area contributed by atoms with Gasteiger partial charge >= 0.3 is 5.97 Å². The maximum absolute atomic E-state index is 12.7. The van der Waals surface area contributed by atoms with E-state index in [0.29, 0.717) is 37.4 Å². The van der Waals surface area contributed by atoms with Gasteiger partial charge < -0.3 is 19.7 Å². The van der Waals surface area contributed by atoms with Crippen molar-refractivity contribution in [2.24, 2.45) is 0 Å². The van der Waals surface area contributed by atoms with E-state index in [0.717, 1.165) is 12.0 Å². The molecule has 0 radical (unpaired) electrons. The van der Waals surface area contributed by atoms with Gasteiger partial charge in [-0.3, -0.25) is 19.7 Å². The molecular weight excluding hydrogens is 454 g/mol. The van der Waals surface area contributed by atoms with Gasteiger partial charge in [-0.2, -0.15) is 0 Å². The summed E-state index contributed by atoms with van der Waals surface area (Å²) in [6.07, 6.45) is 1.27. The zero-order chi connectivity index (χ0) is 24.3. The van der Waals surface area contributed by atoms with Crippen molar-refractivity contribution in [3.05, 3.63) is 65.7 Å². The van der Waals surface area contributed by atoms with E-state index in [4.69, 9.17) is 21.7 Å². The van der Waals surface area contributed by atoms with Crippen LogP contribution in [0.1, 0.15) is 35.7 Å². The van der Waals surface area contributed by atoms with Crippen LogP contribution in [-0.2, 0) is 20.7 Å². The number of nitrogens with one attached hydrogen (secondary N) is 2. The molecule has 34 heavy (non-hydrogen) atoms. The number of carbonyl (C=O) groups excluding carboxylic acids is 3. The Morgan fingerprint density at radius 3 is 2.71 bits per heavy atom. The molecular formula is C25H29N3O5S. The predicted molar refractivity (Wildman–Crippen MR) is 132 cm³/mol. The Hall–Kier alpha value is -3.46. The number of piperazine rings is 1. The normalized spacial score (nSPS) is 15.3. The topological polar surface area (TPSA) is 97.0 Å². The van der Waals surface area contributed by atoms with Crippen LogP contribution in [0.5, 0.6) is 5.75 Å². The largest absolute Gasteiger partial charge is 0.494 e. The lowest BCUT2D eigenvalue weighted by atomic mass is 10.1. The molecule has 2 aromatic carbocycles. The van der Waals surface area contributed by atoms with Crippen molar-refractivity contribution < 1.29 is 23.9 Å². The summed E-state index contributed by atoms with van der Waals surface area (Å²) in [6, 6.07) is 15.6. The molecule has 2 amide bonds. The van der Waals surface area contributed by atoms with Crippen LogP contribution >= 0.6 is 12.2 Å². The van der Waals surface area contributed by atoms with Crippen LogP contribution in [0.3, 0.4) is 0 Å². The van der Waals surface area contributed by atoms with Crippen molar-refractivity contribution in [3.8, 4) is 5.75 Å². The minimum absolute atomic E-state index is 0.0850. The summed E-state index contributed by atoms with van der Waals surface area (Å²) in [5, 5.41) is 5.49. The van der Waals surface area contributed by atoms with E-state index in [1.807, 2.05) is 37.3 Å². The van der Waals surface area contributed by atoms with E-state index in [9.17, 15) is 14.4 Å². The molecule has 1 saturated heterocycles. The second-order valence-electron chi connectivity index (χ2n) is 7.80. The second kappa shape index (κ2) is 12.7. The average Bonchev–Trinajstić information content (AvgIpc) is 2.84. The molecule has 180 valence electrons. The molecule has 2 aromatic rings. The van der Waals surface area contributed by atoms with Gasteiger partial charge in [-0.15, -0.1) is 0 Å². The third kappa shape index (κ3) is 7.28. The molecule has 0 aliphatic carbocycles. The van der Waals surface area contributed by atoms with Crippen molar-refractivity contribution in [1.82, 2.24) is 15.5 Å². The first kappa shape index (κ1) is 25.2. The second-order valence-corrected chi connectivity index (χ2v) is 8.18. The first-order valence-electron chi connectivity index (χ1n) is 11.3. The first-order chi connectivity index (χ1) is 16.5. The molecule has 2 N–H and O–H groups in total. The monoisotopic (exact) mass is 483 g/mol. The van der Waals surface area contributed by atoms with Crippen molar-refractivity contribution in [2.45, 2.75) is 32.2 Å². The average molecular weight is 484 g/mol. The highest BCUT2D eigenvalue weighted by Gasteiger charge is 2.34. The lowest BCUT2D eigenvalue weighted by Crippen LogP contribution is -2.60. The Labute approximate surface area is 204 Å². The van der Waals surface area contributed by atoms with Crippen LogP contribution in [0.15, 0.2) is 54.6 Å². The van der Waals surface area contributed by atoms with E-state index in [-0.39, 0.29) is 24.0 Å². The van der Waals surface area contributed by atoms with E-state index in [1.54, 1.807) is 29.2 Å². The van der Waals surface area contributed by atoms with Gasteiger partial charge in [0.15, 0.2) is 5.11 Å². The smallest absolute Gasteiger partial charge is 0.308 e. The third-order valence-electron chi connectivity index (χ3n) is 5.24. The van der Waals surface area contributed by atoms with Crippen LogP contribution in [0.2, 0.25) is 0 Å². The standard InChI is InChI=1S/C25H29N3O5S/c1-2-14-32-20-10-6-9-19(16-20)23(30)27-25(34)28-13-12-26-24(31)21(28)17-22(29)33-15-11-18-7-4-3-5-8-18/h3-10,16,21H,2,11-15,17H2,1H3,(H,26,31)(H,27,30,34). The van der Waals surface area contributed by atoms with Crippen molar-refractivity contribution in [2.75, 3.05) is 26.3 Å². The summed E-state index contributed by atoms with van der Waals surface area (Å²) in [4.78, 5) is 39.2. The van der Waals surface area contributed by atoms with E-state index in [2.05, 4.69) is 10.6 Å². The Kier molecular flexibility index (Phi) is 9.40. The third-order valence-corrected chi connectivity index (χ3v) is 5.57. The molecule has 3 rings (SSSR count). The Balaban J connectivity index is 1.56. The number of hydrogen-bond acceptors (Lipinski definition) is 6. The maximum Gasteiger partial charge on any atom is 0.308 e. The molecule has 9 heteroatoms. The molecule has 1 unspecified atom stereocenters. The Morgan fingerprint density at radius 2 is 1.94 bits per heavy atom. The van der Waals surface area contributed by atoms with Crippen LogP contribution in [0.4, 0.5) is 0 Å². The summed E-state index contributed by atoms with van der Waals surface area (Å²) in [5.74, 6) is -0.660. The summed E-state index contributed by atoms with van der Waals surface area (Å²) in [7, 11) is 0. The van der Waals surface area contributed by atoms with Crippen molar-refractivity contribution in [3.63, 3.8) is 0 Å². The van der Waals surface area contributed by atoms with Gasteiger partial charge in [0.1, 0.15) is 11.8 Å². The van der Waals surface area contributed by atoms with Gasteiger partial charge in [-0.25, -0.2) is 0 Å². The van der Waals surface area contributed by atoms with Crippen LogP contribution in [0.25, 0.3) is 0 Å². The molecule has 0 spiro atoms. The number of benzene rings is 2. The van der Waals surface area contributed by atoms with Gasteiger partial charge in [-0.05, 0) is 42.4 Å². The predicted octanol–water partition coefficient (Wildman–Crippen LogP) is 2.47. The molecule has 0 saturated carbocycles. The number of hydrogen-bond donors (Lipinski definition) is 2. The fraction of sp³-hybridized carbons (Fsp3) is 0.360. The van der Waals surface area contributed by atoms with Gasteiger partial charge in [0, 0.05) is 25.1 Å². The van der Waals surface area contributed by atoms with Crippen LogP contribution in [-0.4, -0.2) is 60.1 Å². The van der Waals surface area contributed by atoms with Crippen LogP contribution in [0, 0.1) is 0 Å². The van der Waals surface area contributed by atoms with E-state index < -0.39 is 17.9 Å². The summed E-state index contributed by atoms with van der Waals surface area (Å²) in [6.45, 7) is 3.49. The number of ether oxygens (including phenoxy) is 2. The van der Waals surface area contributed by atoms with Gasteiger partial charge in [0.25, 0.3) is 5.91 Å². The Bertz CT molecular complexity index is 1010. The minimum atomic E-state index is -0.856. The Morgan fingerprint density at radius 1 is 1.15 bits per heavy atom. The van der Waals surface area contributed by atoms with Gasteiger partial charge in [0.2, 0.25) is 5.91 Å². The number of nitrogens with zero attached hydrogens (tertiary/aromatic N) is 1. The van der Waals surface area contributed by atoms with Crippen molar-refractivity contribution in [1.29, 1.82) is 0 Å². The summed E-state index contributed by atoms with van der Waals surface area (Å²) < 4.78 is 10.9. The number of amides is 2. The van der Waals surface area contributed by atoms with Gasteiger partial charge in [0.05, 0.1) is 19.6 Å². The molecule has 0 bridgehead atoms. The number of carbonyl (C=O) groups is 3. The number of rotatable bonds is 9. The lowest BCUT2D eigenvalue weighted by Gasteiger charge is -2.36. The molecule has 1 atom stereocenters. The fourth-order valence-electron chi connectivity index (χ4n) is 3.49. The highest BCUT2D eigenvalue weighted by molar-refractivity contribution is 7.80. The summed E-state index contributed by atoms with van der Waals surface area (Å²) >= 11 is 5.42. The van der Waals surface area contributed by atoms with E-state index in [1.165, 1.54) is 0 Å². The maximum atomic E-state index is 12.7. The van der Waals surface area contributed by atoms with Gasteiger partial charge in [-0.1, -0.05) is 43.3 Å². The zero-order valence-corrected chi connectivity index (χ0v) is 19.9. The first-order valence-corrected chi connectivity index (χ1v) is 11.7. The molecule has 1 fully saturated rings. The highest BCUT2D eigenvalue weighted by Crippen LogP contribution is 2.15. The number of thiocarbonyl (C=S) groups is 1. The zero-order valence-electron chi connectivity index (χ0n) is 19.1. The molecule has 1 aliphatic heterocycles. The molecule has 1 aliphatic rings. The summed E-state index contributed by atoms with van der Waals surface area (Å²) in [5.41, 5.74) is 1.44. The molecule has 1 heterocycles. The van der Waals surface area contributed by atoms with Crippen LogP contribution < -0.4 is 15.4 Å². The van der Waals surface area contributed by atoms with E-state index >= 15 is 0 Å². The van der Waals surface area contributed by atoms with Crippen molar-refractivity contribution >= 4 is 35.1 Å². The lowest BCUT2D eigenvalue weighted by molar-refractivity contribution is -0.147. The highest BCUT2D eigenvalue weighted by atomic mass is 32.1. The molecule has 8 nitrogen and oxygen atoms in total. The minimum Gasteiger partial charge on any atom is -0.494 e. The number of esters is 1. The fourth-order valence-corrected chi connectivity index (χ4v) is 3.80.